The lowest BCUT2D eigenvalue weighted by molar-refractivity contribution is -0.169. The summed E-state index contributed by atoms with van der Waals surface area (Å²) in [4.78, 5) is 16.2. The predicted octanol–water partition coefficient (Wildman–Crippen LogP) is 6.21. The van der Waals surface area contributed by atoms with E-state index in [2.05, 4.69) is 15.5 Å². The molecule has 0 saturated carbocycles. The number of ether oxygens (including phenoxy) is 1. The van der Waals surface area contributed by atoms with Gasteiger partial charge < -0.3 is 15.2 Å². The number of thiophene rings is 2. The van der Waals surface area contributed by atoms with Gasteiger partial charge in [-0.25, -0.2) is 4.79 Å². The van der Waals surface area contributed by atoms with Gasteiger partial charge in [-0.2, -0.15) is 13.2 Å². The third kappa shape index (κ3) is 6.07. The van der Waals surface area contributed by atoms with Gasteiger partial charge in [0.05, 0.1) is 5.60 Å². The number of anilines is 1. The number of nitrogens with one attached hydrogen (secondary N) is 2. The van der Waals surface area contributed by atoms with Gasteiger partial charge in [-0.05, 0) is 76.1 Å². The number of amides is 2. The fourth-order valence-electron chi connectivity index (χ4n) is 4.86. The summed E-state index contributed by atoms with van der Waals surface area (Å²) in [5.74, 6) is 0. The highest BCUT2D eigenvalue weighted by Gasteiger charge is 2.39. The van der Waals surface area contributed by atoms with E-state index >= 15 is 0 Å². The van der Waals surface area contributed by atoms with Crippen molar-refractivity contribution in [1.29, 1.82) is 0 Å². The predicted molar refractivity (Wildman–Crippen MR) is 137 cm³/mol. The van der Waals surface area contributed by atoms with Gasteiger partial charge in [-0.15, -0.1) is 22.7 Å². The lowest BCUT2D eigenvalue weighted by atomic mass is 9.95. The second-order valence-corrected chi connectivity index (χ2v) is 12.5. The van der Waals surface area contributed by atoms with E-state index in [1.165, 1.54) is 11.3 Å². The number of fused-ring (bicyclic) bond motifs is 2. The normalized spacial score (nSPS) is 17.4. The van der Waals surface area contributed by atoms with Gasteiger partial charge in [-0.3, -0.25) is 10.2 Å². The molecule has 2 amide bonds. The molecule has 0 radical (unpaired) electrons. The Morgan fingerprint density at radius 1 is 1.11 bits per heavy atom. The Morgan fingerprint density at radius 3 is 2.50 bits per heavy atom. The molecule has 0 spiro atoms. The molecule has 1 aliphatic heterocycles. The van der Waals surface area contributed by atoms with Crippen LogP contribution in [0.1, 0.15) is 83.7 Å². The number of rotatable bonds is 6. The zero-order valence-electron chi connectivity index (χ0n) is 21.1. The molecule has 0 aromatic carbocycles. The molecule has 11 heteroatoms. The molecule has 3 heterocycles. The largest absolute Gasteiger partial charge is 0.425 e. The quantitative estimate of drug-likeness (QED) is 0.377. The van der Waals surface area contributed by atoms with Gasteiger partial charge in [-0.1, -0.05) is 6.92 Å². The first-order valence-electron chi connectivity index (χ1n) is 12.4. The molecule has 2 aromatic rings. The number of halogens is 3. The summed E-state index contributed by atoms with van der Waals surface area (Å²) in [6, 6.07) is -0.600. The van der Waals surface area contributed by atoms with Crippen LogP contribution in [0.25, 0.3) is 0 Å². The minimum atomic E-state index is -4.47. The van der Waals surface area contributed by atoms with E-state index in [1.54, 1.807) is 0 Å². The molecule has 3 N–H and O–H groups in total. The summed E-state index contributed by atoms with van der Waals surface area (Å²) in [5.41, 5.74) is 1.84. The van der Waals surface area contributed by atoms with Crippen molar-refractivity contribution in [3.63, 3.8) is 0 Å². The minimum Gasteiger partial charge on any atom is -0.364 e. The van der Waals surface area contributed by atoms with E-state index in [4.69, 9.17) is 4.74 Å². The topological polar surface area (TPSA) is 73.8 Å². The van der Waals surface area contributed by atoms with Crippen molar-refractivity contribution in [3.8, 4) is 0 Å². The van der Waals surface area contributed by atoms with Crippen LogP contribution in [0.4, 0.5) is 23.0 Å². The Labute approximate surface area is 217 Å². The monoisotopic (exact) mass is 545 g/mol. The number of aryl methyl sites for hydroxylation is 1. The van der Waals surface area contributed by atoms with Crippen LogP contribution in [0.2, 0.25) is 0 Å². The minimum absolute atomic E-state index is 0.162. The van der Waals surface area contributed by atoms with Crippen molar-refractivity contribution in [2.75, 3.05) is 18.4 Å². The molecule has 200 valence electrons. The average molecular weight is 546 g/mol. The van der Waals surface area contributed by atoms with Crippen LogP contribution in [-0.4, -0.2) is 34.7 Å². The van der Waals surface area contributed by atoms with Crippen LogP contribution in [0.15, 0.2) is 0 Å². The Bertz CT molecular complexity index is 1100. The molecule has 36 heavy (non-hydrogen) atoms. The third-order valence-corrected chi connectivity index (χ3v) is 9.05. The number of aliphatic hydroxyl groups excluding tert-OH is 1. The van der Waals surface area contributed by atoms with Crippen LogP contribution in [0.3, 0.4) is 0 Å². The number of hydrogen-bond donors (Lipinski definition) is 3. The molecule has 0 bridgehead atoms. The summed E-state index contributed by atoms with van der Waals surface area (Å²) in [7, 11) is 0. The van der Waals surface area contributed by atoms with Crippen LogP contribution in [0, 0.1) is 0 Å². The molecular weight excluding hydrogens is 511 g/mol. The van der Waals surface area contributed by atoms with Crippen LogP contribution in [0.5, 0.6) is 0 Å². The van der Waals surface area contributed by atoms with Crippen molar-refractivity contribution in [1.82, 2.24) is 10.2 Å². The van der Waals surface area contributed by atoms with Gasteiger partial charge in [0.1, 0.15) is 9.88 Å². The molecule has 0 fully saturated rings. The number of carbonyl (C=O) groups excluding carboxylic acids is 1. The second-order valence-electron chi connectivity index (χ2n) is 10.3. The molecular formula is C25H34F3N3O3S2. The van der Waals surface area contributed by atoms with E-state index < -0.39 is 29.0 Å². The third-order valence-electron chi connectivity index (χ3n) is 6.53. The van der Waals surface area contributed by atoms with Gasteiger partial charge in [0.15, 0.2) is 6.29 Å². The standard InChI is InChI=1S/C25H34F3N3O3S2/c1-5-31-11-10-14-16(20(25(26,27)28)35-18(14)13-31)12-29-23(33)30-21-19(22(32)34-24(2,3)4)15-8-6-7-9-17(15)36-21/h22,32H,5-13H2,1-4H3,(H2,29,30,33). The molecule has 1 unspecified atom stereocenters. The van der Waals surface area contributed by atoms with Gasteiger partial charge in [0, 0.05) is 35.0 Å². The maximum Gasteiger partial charge on any atom is 0.425 e. The highest BCUT2D eigenvalue weighted by Crippen LogP contribution is 2.44. The van der Waals surface area contributed by atoms with Crippen molar-refractivity contribution in [2.45, 2.75) is 91.0 Å². The van der Waals surface area contributed by atoms with E-state index in [0.717, 1.165) is 58.9 Å². The van der Waals surface area contributed by atoms with Crippen molar-refractivity contribution in [2.24, 2.45) is 0 Å². The highest BCUT2D eigenvalue weighted by atomic mass is 32.1. The zero-order chi connectivity index (χ0) is 26.3. The first-order valence-corrected chi connectivity index (χ1v) is 14.0. The molecule has 2 aliphatic rings. The van der Waals surface area contributed by atoms with Crippen LogP contribution >= 0.6 is 22.7 Å². The Morgan fingerprint density at radius 2 is 1.83 bits per heavy atom. The average Bonchev–Trinajstić information content (AvgIpc) is 3.33. The number of nitrogens with zero attached hydrogens (tertiary/aromatic N) is 1. The fraction of sp³-hybridized carbons (Fsp3) is 0.640. The number of aliphatic hydroxyl groups is 1. The fourth-order valence-corrected chi connectivity index (χ4v) is 7.44. The van der Waals surface area contributed by atoms with Crippen molar-refractivity contribution >= 4 is 33.7 Å². The van der Waals surface area contributed by atoms with Gasteiger partial charge in [0.2, 0.25) is 0 Å². The van der Waals surface area contributed by atoms with E-state index in [1.807, 2.05) is 27.7 Å². The Balaban J connectivity index is 1.53. The molecule has 2 aromatic heterocycles. The SMILES string of the molecule is CCN1CCc2c(sc(C(F)(F)F)c2CNC(=O)Nc2sc3c(c2C(O)OC(C)(C)C)CCCC3)C1. The summed E-state index contributed by atoms with van der Waals surface area (Å²) in [5, 5.41) is 16.8. The molecule has 6 nitrogen and oxygen atoms in total. The zero-order valence-corrected chi connectivity index (χ0v) is 22.7. The van der Waals surface area contributed by atoms with Crippen LogP contribution < -0.4 is 10.6 Å². The molecule has 4 rings (SSSR count). The molecule has 1 aliphatic carbocycles. The van der Waals surface area contributed by atoms with Crippen molar-refractivity contribution in [3.05, 3.63) is 36.9 Å². The molecule has 1 atom stereocenters. The maximum atomic E-state index is 13.8. The van der Waals surface area contributed by atoms with E-state index in [0.29, 0.717) is 35.6 Å². The number of alkyl halides is 3. The Hall–Kier alpha value is -1.66. The first-order chi connectivity index (χ1) is 16.9. The van der Waals surface area contributed by atoms with Gasteiger partial charge in [0.25, 0.3) is 0 Å². The lowest BCUT2D eigenvalue weighted by Crippen LogP contribution is -2.32. The Kier molecular flexibility index (Phi) is 8.07. The number of urea groups is 1. The lowest BCUT2D eigenvalue weighted by Gasteiger charge is -2.26. The number of carbonyl (C=O) groups is 1. The summed E-state index contributed by atoms with van der Waals surface area (Å²) < 4.78 is 47.3. The smallest absolute Gasteiger partial charge is 0.364 e. The second kappa shape index (κ2) is 10.6. The van der Waals surface area contributed by atoms with Crippen LogP contribution in [-0.2, 0) is 43.3 Å². The van der Waals surface area contributed by atoms with E-state index in [-0.39, 0.29) is 12.1 Å². The number of likely N-dealkylation sites (N-methyl/N-ethyl adjacent to an activating group) is 1. The maximum absolute atomic E-state index is 13.8. The summed E-state index contributed by atoms with van der Waals surface area (Å²) in [6.45, 7) is 9.30. The highest BCUT2D eigenvalue weighted by molar-refractivity contribution is 7.16. The van der Waals surface area contributed by atoms with Gasteiger partial charge >= 0.3 is 12.2 Å². The molecule has 0 saturated heterocycles. The van der Waals surface area contributed by atoms with E-state index in [9.17, 15) is 23.1 Å². The first kappa shape index (κ1) is 27.4. The van der Waals surface area contributed by atoms with Crippen molar-refractivity contribution < 1.29 is 27.8 Å². The summed E-state index contributed by atoms with van der Waals surface area (Å²) >= 11 is 2.19. The number of hydrogen-bond acceptors (Lipinski definition) is 6. The summed E-state index contributed by atoms with van der Waals surface area (Å²) in [6.07, 6.45) is -1.46.